The zero-order chi connectivity index (χ0) is 23.1. The molecule has 174 valence electrons. The van der Waals surface area contributed by atoms with Gasteiger partial charge in [-0.05, 0) is 34.1 Å². The Kier molecular flexibility index (Phi) is 9.82. The van der Waals surface area contributed by atoms with Gasteiger partial charge >= 0.3 is 5.69 Å². The molecule has 2 rings (SSSR count). The molecule has 10 nitrogen and oxygen atoms in total. The van der Waals surface area contributed by atoms with Crippen LogP contribution in [0.2, 0.25) is 0 Å². The number of H-pyrrole nitrogens is 1. The zero-order valence-corrected chi connectivity index (χ0v) is 19.9. The van der Waals surface area contributed by atoms with E-state index in [1.165, 1.54) is 23.9 Å². The van der Waals surface area contributed by atoms with E-state index in [4.69, 9.17) is 23.8 Å². The highest BCUT2D eigenvalue weighted by Gasteiger charge is 2.48. The Morgan fingerprint density at radius 2 is 1.97 bits per heavy atom. The fraction of sp³-hybridized carbons (Fsp3) is 0.750. The quantitative estimate of drug-likeness (QED) is 0.399. The van der Waals surface area contributed by atoms with Crippen LogP contribution in [0.15, 0.2) is 21.9 Å². The van der Waals surface area contributed by atoms with Crippen molar-refractivity contribution in [1.29, 1.82) is 5.26 Å². The molecule has 31 heavy (non-hydrogen) atoms. The Morgan fingerprint density at radius 3 is 2.48 bits per heavy atom. The van der Waals surface area contributed by atoms with Crippen molar-refractivity contribution in [2.45, 2.75) is 84.1 Å². The van der Waals surface area contributed by atoms with Gasteiger partial charge in [0.25, 0.3) is 14.1 Å². The average Bonchev–Trinajstić information content (AvgIpc) is 3.04. The van der Waals surface area contributed by atoms with Crippen LogP contribution in [0.4, 0.5) is 0 Å². The molecule has 0 spiro atoms. The van der Waals surface area contributed by atoms with Gasteiger partial charge in [-0.3, -0.25) is 14.3 Å². The van der Waals surface area contributed by atoms with Crippen LogP contribution in [-0.4, -0.2) is 58.3 Å². The minimum Gasteiger partial charge on any atom is -0.374 e. The summed E-state index contributed by atoms with van der Waals surface area (Å²) in [7, 11) is 0.0213. The number of methoxy groups -OCH3 is 1. The molecule has 0 radical (unpaired) electrons. The smallest absolute Gasteiger partial charge is 0.330 e. The van der Waals surface area contributed by atoms with Crippen molar-refractivity contribution < 1.29 is 18.5 Å². The number of aromatic amines is 1. The van der Waals surface area contributed by atoms with E-state index in [0.29, 0.717) is 6.42 Å². The number of aromatic nitrogens is 2. The first-order chi connectivity index (χ1) is 14.7. The minimum atomic E-state index is -1.51. The van der Waals surface area contributed by atoms with Crippen molar-refractivity contribution in [3.8, 4) is 6.07 Å². The van der Waals surface area contributed by atoms with E-state index in [0.717, 1.165) is 0 Å². The first-order valence-corrected chi connectivity index (χ1v) is 11.6. The summed E-state index contributed by atoms with van der Waals surface area (Å²) in [4.78, 5) is 26.1. The Bertz CT molecular complexity index is 843. The first kappa shape index (κ1) is 25.7. The van der Waals surface area contributed by atoms with Crippen LogP contribution >= 0.6 is 8.53 Å². The number of ether oxygens (including phenoxy) is 2. The van der Waals surface area contributed by atoms with Gasteiger partial charge < -0.3 is 18.5 Å². The summed E-state index contributed by atoms with van der Waals surface area (Å²) in [6, 6.07) is 3.65. The molecule has 1 aromatic rings. The molecule has 5 unspecified atom stereocenters. The summed E-state index contributed by atoms with van der Waals surface area (Å²) in [5.74, 6) is 0. The lowest BCUT2D eigenvalue weighted by molar-refractivity contribution is -0.0539. The van der Waals surface area contributed by atoms with Crippen molar-refractivity contribution >= 4 is 8.53 Å². The third-order valence-corrected chi connectivity index (χ3v) is 7.09. The molecular formula is C20H33N4O6P. The van der Waals surface area contributed by atoms with Gasteiger partial charge in [-0.1, -0.05) is 6.92 Å². The molecule has 1 aliphatic heterocycles. The predicted molar refractivity (Wildman–Crippen MR) is 116 cm³/mol. The van der Waals surface area contributed by atoms with Gasteiger partial charge in [0.15, 0.2) is 6.23 Å². The summed E-state index contributed by atoms with van der Waals surface area (Å²) in [6.07, 6.45) is 0.0725. The summed E-state index contributed by atoms with van der Waals surface area (Å²) in [5, 5.41) is 8.91. The fourth-order valence-corrected chi connectivity index (χ4v) is 5.43. The van der Waals surface area contributed by atoms with Gasteiger partial charge in [-0.25, -0.2) is 9.46 Å². The zero-order valence-electron chi connectivity index (χ0n) is 19.0. The van der Waals surface area contributed by atoms with E-state index in [2.05, 4.69) is 43.4 Å². The predicted octanol–water partition coefficient (Wildman–Crippen LogP) is 2.52. The molecule has 0 bridgehead atoms. The molecule has 1 aromatic heterocycles. The first-order valence-electron chi connectivity index (χ1n) is 10.5. The van der Waals surface area contributed by atoms with Crippen LogP contribution in [0.1, 0.15) is 53.7 Å². The van der Waals surface area contributed by atoms with Gasteiger partial charge in [-0.2, -0.15) is 5.26 Å². The standard InChI is InChI=1S/C20H33N4O6P/c1-7-15-17(30-31(28-12-8-10-21)24(13(2)3)14(4)5)18(27-6)19(29-15)23-11-9-16(25)22-20(23)26/h9,11,13-15,17-19H,7-8,12H2,1-6H3,(H,22,25,26). The summed E-state index contributed by atoms with van der Waals surface area (Å²) in [5.41, 5.74) is -1.06. The molecule has 5 atom stereocenters. The van der Waals surface area contributed by atoms with Crippen LogP contribution in [0.5, 0.6) is 0 Å². The maximum absolute atomic E-state index is 12.3. The van der Waals surface area contributed by atoms with Crippen molar-refractivity contribution in [2.24, 2.45) is 0 Å². The molecule has 0 saturated carbocycles. The monoisotopic (exact) mass is 456 g/mol. The second-order valence-electron chi connectivity index (χ2n) is 7.81. The highest BCUT2D eigenvalue weighted by atomic mass is 31.2. The summed E-state index contributed by atoms with van der Waals surface area (Å²) >= 11 is 0. The Balaban J connectivity index is 2.35. The molecule has 1 N–H and O–H groups in total. The third kappa shape index (κ3) is 6.22. The normalized spacial score (nSPS) is 24.8. The van der Waals surface area contributed by atoms with E-state index >= 15 is 0 Å². The van der Waals surface area contributed by atoms with E-state index in [-0.39, 0.29) is 31.2 Å². The lowest BCUT2D eigenvalue weighted by Crippen LogP contribution is -2.41. The molecule has 0 aliphatic carbocycles. The Morgan fingerprint density at radius 1 is 1.29 bits per heavy atom. The van der Waals surface area contributed by atoms with E-state index in [1.807, 2.05) is 6.92 Å². The van der Waals surface area contributed by atoms with Crippen molar-refractivity contribution in [1.82, 2.24) is 14.2 Å². The second kappa shape index (κ2) is 11.9. The van der Waals surface area contributed by atoms with Crippen molar-refractivity contribution in [2.75, 3.05) is 13.7 Å². The lowest BCUT2D eigenvalue weighted by atomic mass is 10.1. The minimum absolute atomic E-state index is 0.147. The van der Waals surface area contributed by atoms with Crippen molar-refractivity contribution in [3.63, 3.8) is 0 Å². The Labute approximate surface area is 184 Å². The number of rotatable bonds is 11. The van der Waals surface area contributed by atoms with Gasteiger partial charge in [0.05, 0.1) is 25.2 Å². The van der Waals surface area contributed by atoms with E-state index < -0.39 is 38.2 Å². The van der Waals surface area contributed by atoms with Gasteiger partial charge in [0.2, 0.25) is 0 Å². The molecule has 11 heteroatoms. The molecule has 1 aliphatic rings. The Hall–Kier alpha value is -1.60. The highest BCUT2D eigenvalue weighted by Crippen LogP contribution is 2.50. The van der Waals surface area contributed by atoms with Crippen LogP contribution in [-0.2, 0) is 18.5 Å². The van der Waals surface area contributed by atoms with Crippen LogP contribution in [0.3, 0.4) is 0 Å². The fourth-order valence-electron chi connectivity index (χ4n) is 3.66. The number of hydrogen-bond acceptors (Lipinski definition) is 8. The maximum atomic E-state index is 12.3. The maximum Gasteiger partial charge on any atom is 0.330 e. The average molecular weight is 456 g/mol. The van der Waals surface area contributed by atoms with Crippen LogP contribution in [0, 0.1) is 11.3 Å². The van der Waals surface area contributed by atoms with E-state index in [1.54, 1.807) is 0 Å². The van der Waals surface area contributed by atoms with Gasteiger partial charge in [-0.15, -0.1) is 0 Å². The molecule has 0 aromatic carbocycles. The topological polar surface area (TPSA) is 119 Å². The number of hydrogen-bond donors (Lipinski definition) is 1. The largest absolute Gasteiger partial charge is 0.374 e. The number of nitriles is 1. The number of nitrogens with zero attached hydrogens (tertiary/aromatic N) is 3. The highest BCUT2D eigenvalue weighted by molar-refractivity contribution is 7.44. The molecule has 1 fully saturated rings. The molecule has 2 heterocycles. The van der Waals surface area contributed by atoms with Gasteiger partial charge in [0, 0.05) is 31.5 Å². The second-order valence-corrected chi connectivity index (χ2v) is 9.21. The number of nitrogens with one attached hydrogen (secondary N) is 1. The van der Waals surface area contributed by atoms with Crippen LogP contribution in [0.25, 0.3) is 0 Å². The third-order valence-electron chi connectivity index (χ3n) is 4.96. The molecule has 0 amide bonds. The van der Waals surface area contributed by atoms with Gasteiger partial charge in [0.1, 0.15) is 12.2 Å². The SMILES string of the molecule is CCC1OC(n2ccc(=O)[nH]c2=O)C(OC)C1OP(OCCC#N)N(C(C)C)C(C)C. The molecular weight excluding hydrogens is 423 g/mol. The van der Waals surface area contributed by atoms with E-state index in [9.17, 15) is 9.59 Å². The lowest BCUT2D eigenvalue weighted by Gasteiger charge is -2.38. The van der Waals surface area contributed by atoms with Crippen molar-refractivity contribution in [3.05, 3.63) is 33.1 Å². The molecule has 1 saturated heterocycles. The summed E-state index contributed by atoms with van der Waals surface area (Å²) in [6.45, 7) is 10.5. The van der Waals surface area contributed by atoms with Crippen LogP contribution < -0.4 is 11.2 Å². The summed E-state index contributed by atoms with van der Waals surface area (Å²) < 4.78 is 27.8.